The van der Waals surface area contributed by atoms with Gasteiger partial charge < -0.3 is 10.4 Å². The topological polar surface area (TPSA) is 87.1 Å². The van der Waals surface area contributed by atoms with Gasteiger partial charge in [-0.2, -0.15) is 0 Å². The molecule has 2 amide bonds. The van der Waals surface area contributed by atoms with Crippen LogP contribution >= 0.6 is 11.3 Å². The van der Waals surface area contributed by atoms with Crippen molar-refractivity contribution in [3.63, 3.8) is 0 Å². The Balaban J connectivity index is 2.00. The van der Waals surface area contributed by atoms with E-state index >= 15 is 0 Å². The van der Waals surface area contributed by atoms with Crippen molar-refractivity contribution >= 4 is 22.5 Å². The van der Waals surface area contributed by atoms with Crippen molar-refractivity contribution in [3.8, 4) is 0 Å². The molecule has 0 saturated carbocycles. The first-order valence-electron chi connectivity index (χ1n) is 8.24. The molecule has 0 radical (unpaired) electrons. The molecule has 130 valence electrons. The highest BCUT2D eigenvalue weighted by Gasteiger charge is 2.18. The molecular formula is C17H24N4O2S. The minimum Gasteiger partial charge on any atom is -0.396 e. The zero-order valence-corrected chi connectivity index (χ0v) is 14.8. The molecule has 7 heteroatoms. The fraction of sp³-hybridized carbons (Fsp3) is 0.471. The SMILES string of the molecule is CCC(CCO)NC(=O)Nc1nnc(C(CC)c2ccccc2)s1. The molecule has 0 aliphatic rings. The summed E-state index contributed by atoms with van der Waals surface area (Å²) in [6.07, 6.45) is 2.22. The molecule has 2 aromatic rings. The summed E-state index contributed by atoms with van der Waals surface area (Å²) in [4.78, 5) is 12.0. The van der Waals surface area contributed by atoms with E-state index in [1.54, 1.807) is 0 Å². The highest BCUT2D eigenvalue weighted by molar-refractivity contribution is 7.15. The first-order chi connectivity index (χ1) is 11.7. The molecular weight excluding hydrogens is 324 g/mol. The van der Waals surface area contributed by atoms with Gasteiger partial charge in [0.2, 0.25) is 5.13 Å². The molecule has 2 rings (SSSR count). The number of benzene rings is 1. The molecule has 0 saturated heterocycles. The fourth-order valence-electron chi connectivity index (χ4n) is 2.52. The summed E-state index contributed by atoms with van der Waals surface area (Å²) in [5.41, 5.74) is 1.20. The number of carbonyl (C=O) groups is 1. The third-order valence-corrected chi connectivity index (χ3v) is 4.83. The van der Waals surface area contributed by atoms with Crippen molar-refractivity contribution in [3.05, 3.63) is 40.9 Å². The number of aliphatic hydroxyl groups is 1. The molecule has 24 heavy (non-hydrogen) atoms. The second-order valence-electron chi connectivity index (χ2n) is 5.53. The van der Waals surface area contributed by atoms with Crippen LogP contribution in [0, 0.1) is 0 Å². The summed E-state index contributed by atoms with van der Waals surface area (Å²) in [6, 6.07) is 9.81. The molecule has 0 bridgehead atoms. The number of rotatable bonds is 8. The Labute approximate surface area is 146 Å². The van der Waals surface area contributed by atoms with Gasteiger partial charge in [0.15, 0.2) is 0 Å². The zero-order valence-electron chi connectivity index (χ0n) is 14.0. The van der Waals surface area contributed by atoms with Crippen LogP contribution in [0.3, 0.4) is 0 Å². The van der Waals surface area contributed by atoms with Crippen LogP contribution in [0.5, 0.6) is 0 Å². The van der Waals surface area contributed by atoms with Gasteiger partial charge in [-0.05, 0) is 24.8 Å². The first-order valence-corrected chi connectivity index (χ1v) is 9.06. The van der Waals surface area contributed by atoms with E-state index < -0.39 is 0 Å². The van der Waals surface area contributed by atoms with Gasteiger partial charge in [0.1, 0.15) is 5.01 Å². The molecule has 2 atom stereocenters. The Morgan fingerprint density at radius 3 is 2.58 bits per heavy atom. The van der Waals surface area contributed by atoms with E-state index in [0.29, 0.717) is 11.6 Å². The smallest absolute Gasteiger partial charge is 0.321 e. The standard InChI is InChI=1S/C17H24N4O2S/c1-3-13(10-11-22)18-16(23)19-17-21-20-15(24-17)14(4-2)12-8-6-5-7-9-12/h5-9,13-14,22H,3-4,10-11H2,1-2H3,(H2,18,19,21,23). The number of anilines is 1. The number of urea groups is 1. The van der Waals surface area contributed by atoms with Gasteiger partial charge in [0.25, 0.3) is 0 Å². The maximum absolute atomic E-state index is 12.0. The minimum atomic E-state index is -0.314. The number of amides is 2. The predicted molar refractivity (Wildman–Crippen MR) is 96.4 cm³/mol. The Hall–Kier alpha value is -1.99. The van der Waals surface area contributed by atoms with E-state index in [1.165, 1.54) is 16.9 Å². The third-order valence-electron chi connectivity index (χ3n) is 3.87. The van der Waals surface area contributed by atoms with Gasteiger partial charge in [-0.25, -0.2) is 4.79 Å². The number of aromatic nitrogens is 2. The van der Waals surface area contributed by atoms with Gasteiger partial charge in [-0.1, -0.05) is 55.5 Å². The summed E-state index contributed by atoms with van der Waals surface area (Å²) in [5.74, 6) is 0.181. The minimum absolute atomic E-state index is 0.0462. The number of hydrogen-bond donors (Lipinski definition) is 3. The normalized spacial score (nSPS) is 13.3. The van der Waals surface area contributed by atoms with Crippen molar-refractivity contribution in [1.29, 1.82) is 0 Å². The Kier molecular flexibility index (Phi) is 7.14. The lowest BCUT2D eigenvalue weighted by molar-refractivity contribution is 0.237. The van der Waals surface area contributed by atoms with E-state index in [1.807, 2.05) is 25.1 Å². The van der Waals surface area contributed by atoms with Crippen molar-refractivity contribution in [1.82, 2.24) is 15.5 Å². The molecule has 1 aromatic carbocycles. The Morgan fingerprint density at radius 1 is 1.21 bits per heavy atom. The van der Waals surface area contributed by atoms with Crippen LogP contribution < -0.4 is 10.6 Å². The number of hydrogen-bond acceptors (Lipinski definition) is 5. The van der Waals surface area contributed by atoms with E-state index in [4.69, 9.17) is 5.11 Å². The van der Waals surface area contributed by atoms with Crippen molar-refractivity contribution < 1.29 is 9.90 Å². The highest BCUT2D eigenvalue weighted by Crippen LogP contribution is 2.31. The summed E-state index contributed by atoms with van der Waals surface area (Å²) in [5, 5.41) is 24.2. The van der Waals surface area contributed by atoms with E-state index in [0.717, 1.165) is 17.8 Å². The van der Waals surface area contributed by atoms with Crippen LogP contribution in [-0.2, 0) is 0 Å². The molecule has 2 unspecified atom stereocenters. The Morgan fingerprint density at radius 2 is 1.96 bits per heavy atom. The maximum Gasteiger partial charge on any atom is 0.321 e. The van der Waals surface area contributed by atoms with Crippen LogP contribution in [0.15, 0.2) is 30.3 Å². The molecule has 0 fully saturated rings. The van der Waals surface area contributed by atoms with Gasteiger partial charge in [0, 0.05) is 18.6 Å². The number of carbonyl (C=O) groups excluding carboxylic acids is 1. The lowest BCUT2D eigenvalue weighted by atomic mass is 9.97. The zero-order chi connectivity index (χ0) is 17.4. The first kappa shape index (κ1) is 18.4. The van der Waals surface area contributed by atoms with Crippen LogP contribution in [0.2, 0.25) is 0 Å². The summed E-state index contributed by atoms with van der Waals surface area (Å²) in [6.45, 7) is 4.13. The predicted octanol–water partition coefficient (Wildman–Crippen LogP) is 3.36. The Bertz CT molecular complexity index is 633. The molecule has 0 aliphatic heterocycles. The van der Waals surface area contributed by atoms with Crippen molar-refractivity contribution in [2.75, 3.05) is 11.9 Å². The molecule has 3 N–H and O–H groups in total. The van der Waals surface area contributed by atoms with Gasteiger partial charge in [-0.3, -0.25) is 5.32 Å². The van der Waals surface area contributed by atoms with E-state index in [9.17, 15) is 4.79 Å². The van der Waals surface area contributed by atoms with Crippen LogP contribution in [0.1, 0.15) is 49.6 Å². The van der Waals surface area contributed by atoms with Crippen molar-refractivity contribution in [2.45, 2.75) is 45.1 Å². The second kappa shape index (κ2) is 9.34. The largest absolute Gasteiger partial charge is 0.396 e. The summed E-state index contributed by atoms with van der Waals surface area (Å²) in [7, 11) is 0. The number of nitrogens with one attached hydrogen (secondary N) is 2. The van der Waals surface area contributed by atoms with Crippen LogP contribution in [-0.4, -0.2) is 34.0 Å². The quantitative estimate of drug-likeness (QED) is 0.682. The number of aliphatic hydroxyl groups excluding tert-OH is 1. The number of nitrogens with zero attached hydrogens (tertiary/aromatic N) is 2. The average molecular weight is 348 g/mol. The van der Waals surface area contributed by atoms with E-state index in [-0.39, 0.29) is 24.6 Å². The lowest BCUT2D eigenvalue weighted by Crippen LogP contribution is -2.38. The average Bonchev–Trinajstić information content (AvgIpc) is 3.04. The summed E-state index contributed by atoms with van der Waals surface area (Å²) < 4.78 is 0. The van der Waals surface area contributed by atoms with Crippen LogP contribution in [0.25, 0.3) is 0 Å². The van der Waals surface area contributed by atoms with Gasteiger partial charge in [0.05, 0.1) is 0 Å². The van der Waals surface area contributed by atoms with Crippen LogP contribution in [0.4, 0.5) is 9.93 Å². The molecule has 1 heterocycles. The monoisotopic (exact) mass is 348 g/mol. The fourth-order valence-corrected chi connectivity index (χ4v) is 3.47. The highest BCUT2D eigenvalue weighted by atomic mass is 32.1. The third kappa shape index (κ3) is 5.01. The maximum atomic E-state index is 12.0. The van der Waals surface area contributed by atoms with Gasteiger partial charge >= 0.3 is 6.03 Å². The van der Waals surface area contributed by atoms with Gasteiger partial charge in [-0.15, -0.1) is 10.2 Å². The molecule has 6 nitrogen and oxygen atoms in total. The summed E-state index contributed by atoms with van der Waals surface area (Å²) >= 11 is 1.39. The van der Waals surface area contributed by atoms with E-state index in [2.05, 4.69) is 39.9 Å². The second-order valence-corrected chi connectivity index (χ2v) is 6.54. The molecule has 0 aliphatic carbocycles. The van der Waals surface area contributed by atoms with Crippen molar-refractivity contribution in [2.24, 2.45) is 0 Å². The molecule has 0 spiro atoms. The molecule has 1 aromatic heterocycles. The lowest BCUT2D eigenvalue weighted by Gasteiger charge is -2.15.